The zero-order valence-electron chi connectivity index (χ0n) is 10.9. The Balaban J connectivity index is 2.19. The van der Waals surface area contributed by atoms with E-state index in [9.17, 15) is 4.79 Å². The van der Waals surface area contributed by atoms with Gasteiger partial charge >= 0.3 is 0 Å². The van der Waals surface area contributed by atoms with Gasteiger partial charge in [-0.1, -0.05) is 5.16 Å². The lowest BCUT2D eigenvalue weighted by molar-refractivity contribution is 0.102. The maximum Gasteiger partial charge on any atom is 0.258 e. The van der Waals surface area contributed by atoms with E-state index in [2.05, 4.69) is 10.5 Å². The fourth-order valence-electron chi connectivity index (χ4n) is 1.58. The van der Waals surface area contributed by atoms with Crippen LogP contribution in [0, 0.1) is 6.92 Å². The van der Waals surface area contributed by atoms with E-state index >= 15 is 0 Å². The van der Waals surface area contributed by atoms with Crippen LogP contribution in [0.3, 0.4) is 0 Å². The summed E-state index contributed by atoms with van der Waals surface area (Å²) in [6.45, 7) is 1.77. The Morgan fingerprint density at radius 2 is 1.95 bits per heavy atom. The lowest BCUT2D eigenvalue weighted by Gasteiger charge is -2.08. The highest BCUT2D eigenvalue weighted by atomic mass is 16.5. The van der Waals surface area contributed by atoms with Gasteiger partial charge in [-0.15, -0.1) is 0 Å². The largest absolute Gasteiger partial charge is 0.493 e. The van der Waals surface area contributed by atoms with E-state index < -0.39 is 0 Å². The Morgan fingerprint density at radius 1 is 1.21 bits per heavy atom. The molecule has 1 heterocycles. The van der Waals surface area contributed by atoms with Crippen molar-refractivity contribution in [3.8, 4) is 11.5 Å². The summed E-state index contributed by atoms with van der Waals surface area (Å²) < 4.78 is 15.2. The third kappa shape index (κ3) is 2.85. The predicted octanol–water partition coefficient (Wildman–Crippen LogP) is 2.25. The number of hydrogen-bond donors (Lipinski definition) is 1. The monoisotopic (exact) mass is 262 g/mol. The highest BCUT2D eigenvalue weighted by Gasteiger charge is 2.12. The van der Waals surface area contributed by atoms with Gasteiger partial charge in [-0.05, 0) is 25.1 Å². The molecule has 1 aromatic carbocycles. The Labute approximate surface area is 110 Å². The molecule has 2 aromatic rings. The number of anilines is 1. The number of aromatic nitrogens is 1. The number of carbonyl (C=O) groups excluding carboxylic acids is 1. The molecule has 1 aromatic heterocycles. The second-order valence-electron chi connectivity index (χ2n) is 3.86. The van der Waals surface area contributed by atoms with Crippen molar-refractivity contribution in [2.45, 2.75) is 6.92 Å². The van der Waals surface area contributed by atoms with Crippen molar-refractivity contribution in [1.29, 1.82) is 0 Å². The summed E-state index contributed by atoms with van der Waals surface area (Å²) in [5.74, 6) is 1.05. The molecule has 0 aliphatic carbocycles. The number of ether oxygens (including phenoxy) is 2. The van der Waals surface area contributed by atoms with Crippen LogP contribution in [0.4, 0.5) is 5.88 Å². The zero-order valence-corrected chi connectivity index (χ0v) is 10.9. The lowest BCUT2D eigenvalue weighted by atomic mass is 10.2. The van der Waals surface area contributed by atoms with E-state index in [-0.39, 0.29) is 5.91 Å². The minimum atomic E-state index is -0.308. The molecule has 0 bridgehead atoms. The highest BCUT2D eigenvalue weighted by Crippen LogP contribution is 2.27. The summed E-state index contributed by atoms with van der Waals surface area (Å²) >= 11 is 0. The Kier molecular flexibility index (Phi) is 3.70. The van der Waals surface area contributed by atoms with Crippen molar-refractivity contribution in [3.63, 3.8) is 0 Å². The fraction of sp³-hybridized carbons (Fsp3) is 0.231. The van der Waals surface area contributed by atoms with Crippen LogP contribution in [-0.4, -0.2) is 25.3 Å². The van der Waals surface area contributed by atoms with Crippen molar-refractivity contribution in [3.05, 3.63) is 35.5 Å². The SMILES string of the molecule is COc1ccc(C(=O)Nc2cc(C)no2)cc1OC. The minimum Gasteiger partial charge on any atom is -0.493 e. The van der Waals surface area contributed by atoms with Gasteiger partial charge in [0.1, 0.15) is 0 Å². The molecule has 6 heteroatoms. The molecule has 0 spiro atoms. The Bertz CT molecular complexity index is 592. The first kappa shape index (κ1) is 12.9. The van der Waals surface area contributed by atoms with E-state index in [0.717, 1.165) is 0 Å². The standard InChI is InChI=1S/C13H14N2O4/c1-8-6-12(19-15-8)14-13(16)9-4-5-10(17-2)11(7-9)18-3/h4-7H,1-3H3,(H,14,16). The summed E-state index contributed by atoms with van der Waals surface area (Å²) in [7, 11) is 3.05. The van der Waals surface area contributed by atoms with Gasteiger partial charge in [-0.2, -0.15) is 0 Å². The van der Waals surface area contributed by atoms with Crippen molar-refractivity contribution in [2.75, 3.05) is 19.5 Å². The summed E-state index contributed by atoms with van der Waals surface area (Å²) in [5.41, 5.74) is 1.13. The first-order valence-electron chi connectivity index (χ1n) is 5.60. The third-order valence-electron chi connectivity index (χ3n) is 2.51. The third-order valence-corrected chi connectivity index (χ3v) is 2.51. The number of nitrogens with one attached hydrogen (secondary N) is 1. The van der Waals surface area contributed by atoms with Crippen LogP contribution in [0.2, 0.25) is 0 Å². The lowest BCUT2D eigenvalue weighted by Crippen LogP contribution is -2.11. The van der Waals surface area contributed by atoms with Crippen LogP contribution in [0.15, 0.2) is 28.8 Å². The molecule has 0 fully saturated rings. The molecule has 0 saturated heterocycles. The molecule has 0 atom stereocenters. The van der Waals surface area contributed by atoms with E-state index in [4.69, 9.17) is 14.0 Å². The maximum absolute atomic E-state index is 12.0. The zero-order chi connectivity index (χ0) is 13.8. The van der Waals surface area contributed by atoms with E-state index in [1.54, 1.807) is 31.2 Å². The van der Waals surface area contributed by atoms with Crippen molar-refractivity contribution in [1.82, 2.24) is 5.16 Å². The van der Waals surface area contributed by atoms with E-state index in [0.29, 0.717) is 28.6 Å². The summed E-state index contributed by atoms with van der Waals surface area (Å²) in [5, 5.41) is 6.29. The first-order valence-corrected chi connectivity index (χ1v) is 5.60. The van der Waals surface area contributed by atoms with Gasteiger partial charge < -0.3 is 14.0 Å². The quantitative estimate of drug-likeness (QED) is 0.914. The van der Waals surface area contributed by atoms with Gasteiger partial charge in [0.2, 0.25) is 5.88 Å². The van der Waals surface area contributed by atoms with Crippen molar-refractivity contribution < 1.29 is 18.8 Å². The topological polar surface area (TPSA) is 73.6 Å². The van der Waals surface area contributed by atoms with Crippen LogP contribution in [-0.2, 0) is 0 Å². The fourth-order valence-corrected chi connectivity index (χ4v) is 1.58. The molecule has 1 N–H and O–H groups in total. The summed E-state index contributed by atoms with van der Waals surface area (Å²) in [6.07, 6.45) is 0. The number of methoxy groups -OCH3 is 2. The molecular weight excluding hydrogens is 248 g/mol. The molecule has 0 saturated carbocycles. The molecule has 0 aliphatic heterocycles. The first-order chi connectivity index (χ1) is 9.13. The average Bonchev–Trinajstić information content (AvgIpc) is 2.83. The second-order valence-corrected chi connectivity index (χ2v) is 3.86. The van der Waals surface area contributed by atoms with Crippen LogP contribution < -0.4 is 14.8 Å². The van der Waals surface area contributed by atoms with Crippen LogP contribution in [0.5, 0.6) is 11.5 Å². The summed E-state index contributed by atoms with van der Waals surface area (Å²) in [4.78, 5) is 12.0. The number of carbonyl (C=O) groups is 1. The van der Waals surface area contributed by atoms with Gasteiger partial charge in [0.25, 0.3) is 5.91 Å². The van der Waals surface area contributed by atoms with Gasteiger partial charge in [0, 0.05) is 11.6 Å². The molecular formula is C13H14N2O4. The van der Waals surface area contributed by atoms with E-state index in [1.807, 2.05) is 0 Å². The number of aryl methyl sites for hydroxylation is 1. The predicted molar refractivity (Wildman–Crippen MR) is 68.7 cm³/mol. The van der Waals surface area contributed by atoms with Crippen LogP contribution >= 0.6 is 0 Å². The molecule has 2 rings (SSSR count). The van der Waals surface area contributed by atoms with Crippen LogP contribution in [0.25, 0.3) is 0 Å². The van der Waals surface area contributed by atoms with Gasteiger partial charge in [-0.25, -0.2) is 0 Å². The average molecular weight is 262 g/mol. The molecule has 19 heavy (non-hydrogen) atoms. The molecule has 1 amide bonds. The van der Waals surface area contributed by atoms with E-state index in [1.165, 1.54) is 14.2 Å². The number of nitrogens with zero attached hydrogens (tertiary/aromatic N) is 1. The molecule has 0 aliphatic rings. The smallest absolute Gasteiger partial charge is 0.258 e. The molecule has 100 valence electrons. The normalized spacial score (nSPS) is 10.1. The number of benzene rings is 1. The Hall–Kier alpha value is -2.50. The molecule has 0 radical (unpaired) electrons. The molecule has 6 nitrogen and oxygen atoms in total. The second kappa shape index (κ2) is 5.43. The van der Waals surface area contributed by atoms with Gasteiger partial charge in [0.05, 0.1) is 19.9 Å². The Morgan fingerprint density at radius 3 is 2.53 bits per heavy atom. The van der Waals surface area contributed by atoms with Crippen molar-refractivity contribution in [2.24, 2.45) is 0 Å². The number of hydrogen-bond acceptors (Lipinski definition) is 5. The van der Waals surface area contributed by atoms with Crippen molar-refractivity contribution >= 4 is 11.8 Å². The highest BCUT2D eigenvalue weighted by molar-refractivity contribution is 6.03. The maximum atomic E-state index is 12.0. The van der Waals surface area contributed by atoms with Gasteiger partial charge in [-0.3, -0.25) is 10.1 Å². The number of amides is 1. The number of rotatable bonds is 4. The van der Waals surface area contributed by atoms with Crippen LogP contribution in [0.1, 0.15) is 16.1 Å². The minimum absolute atomic E-state index is 0.303. The molecule has 0 unspecified atom stereocenters. The van der Waals surface area contributed by atoms with Gasteiger partial charge in [0.15, 0.2) is 11.5 Å². The summed E-state index contributed by atoms with van der Waals surface area (Å²) in [6, 6.07) is 6.54.